The fraction of sp³-hybridized carbons (Fsp3) is 0.222. The van der Waals surface area contributed by atoms with Crippen LogP contribution in [0.1, 0.15) is 32.9 Å². The lowest BCUT2D eigenvalue weighted by atomic mass is 10.1. The minimum atomic E-state index is 0.0132. The summed E-state index contributed by atoms with van der Waals surface area (Å²) in [6, 6.07) is 25.9. The van der Waals surface area contributed by atoms with E-state index in [2.05, 4.69) is 22.3 Å². The monoisotopic (exact) mass is 425 g/mol. The molecule has 5 nitrogen and oxygen atoms in total. The van der Waals surface area contributed by atoms with Gasteiger partial charge in [0.25, 0.3) is 5.91 Å². The van der Waals surface area contributed by atoms with Gasteiger partial charge in [0.05, 0.1) is 0 Å². The van der Waals surface area contributed by atoms with E-state index < -0.39 is 0 Å². The quantitative estimate of drug-likeness (QED) is 0.385. The van der Waals surface area contributed by atoms with Gasteiger partial charge >= 0.3 is 0 Å². The maximum Gasteiger partial charge on any atom is 0.253 e. The van der Waals surface area contributed by atoms with Crippen LogP contribution in [0.2, 0.25) is 0 Å². The van der Waals surface area contributed by atoms with Gasteiger partial charge in [-0.05, 0) is 38.0 Å². The van der Waals surface area contributed by atoms with Crippen molar-refractivity contribution in [3.63, 3.8) is 0 Å². The third kappa shape index (κ3) is 5.49. The van der Waals surface area contributed by atoms with Crippen molar-refractivity contribution in [2.75, 3.05) is 13.1 Å². The second-order valence-corrected chi connectivity index (χ2v) is 8.02. The van der Waals surface area contributed by atoms with E-state index in [9.17, 15) is 4.79 Å². The van der Waals surface area contributed by atoms with E-state index in [1.807, 2.05) is 85.5 Å². The largest absolute Gasteiger partial charge is 0.339 e. The Morgan fingerprint density at radius 1 is 0.812 bits per heavy atom. The Balaban J connectivity index is 1.46. The lowest BCUT2D eigenvalue weighted by Crippen LogP contribution is -2.34. The highest BCUT2D eigenvalue weighted by Crippen LogP contribution is 2.17. The summed E-state index contributed by atoms with van der Waals surface area (Å²) >= 11 is 0. The summed E-state index contributed by atoms with van der Waals surface area (Å²) in [5.41, 5.74) is 5.12. The predicted octanol–water partition coefficient (Wildman–Crippen LogP) is 5.28. The summed E-state index contributed by atoms with van der Waals surface area (Å²) in [5.74, 6) is 1.11. The predicted molar refractivity (Wildman–Crippen MR) is 125 cm³/mol. The number of rotatable bonds is 8. The molecule has 0 unspecified atom stereocenters. The van der Waals surface area contributed by atoms with Crippen molar-refractivity contribution in [1.82, 2.24) is 15.0 Å². The molecule has 0 N–H and O–H groups in total. The van der Waals surface area contributed by atoms with Gasteiger partial charge in [-0.1, -0.05) is 83.0 Å². The van der Waals surface area contributed by atoms with Crippen molar-refractivity contribution >= 4 is 5.91 Å². The highest BCUT2D eigenvalue weighted by atomic mass is 16.5. The first-order valence-corrected chi connectivity index (χ1v) is 10.9. The van der Waals surface area contributed by atoms with Crippen LogP contribution in [-0.2, 0) is 12.8 Å². The zero-order valence-corrected chi connectivity index (χ0v) is 18.5. The number of nitrogens with zero attached hydrogens (tertiary/aromatic N) is 3. The Morgan fingerprint density at radius 3 is 2.12 bits per heavy atom. The zero-order chi connectivity index (χ0) is 22.3. The molecule has 0 saturated heterocycles. The summed E-state index contributed by atoms with van der Waals surface area (Å²) in [7, 11) is 0. The van der Waals surface area contributed by atoms with Crippen LogP contribution in [0, 0.1) is 13.8 Å². The third-order valence-corrected chi connectivity index (χ3v) is 5.47. The molecule has 0 aliphatic rings. The number of carbonyl (C=O) groups is 1. The van der Waals surface area contributed by atoms with Gasteiger partial charge in [-0.25, -0.2) is 0 Å². The van der Waals surface area contributed by atoms with E-state index >= 15 is 0 Å². The molecule has 0 aliphatic heterocycles. The Hall–Kier alpha value is -3.73. The molecule has 0 bridgehead atoms. The van der Waals surface area contributed by atoms with Gasteiger partial charge in [0.15, 0.2) is 0 Å². The van der Waals surface area contributed by atoms with Crippen LogP contribution in [0.5, 0.6) is 0 Å². The van der Waals surface area contributed by atoms with Crippen molar-refractivity contribution in [3.8, 4) is 11.4 Å². The Bertz CT molecular complexity index is 1150. The van der Waals surface area contributed by atoms with Crippen LogP contribution in [0.3, 0.4) is 0 Å². The Kier molecular flexibility index (Phi) is 6.75. The first kappa shape index (κ1) is 21.5. The van der Waals surface area contributed by atoms with Gasteiger partial charge < -0.3 is 9.42 Å². The molecule has 162 valence electrons. The molecule has 0 fully saturated rings. The molecule has 0 radical (unpaired) electrons. The van der Waals surface area contributed by atoms with E-state index in [1.165, 1.54) is 11.1 Å². The highest BCUT2D eigenvalue weighted by Gasteiger charge is 2.18. The van der Waals surface area contributed by atoms with E-state index in [1.54, 1.807) is 0 Å². The summed E-state index contributed by atoms with van der Waals surface area (Å²) in [6.45, 7) is 5.19. The lowest BCUT2D eigenvalue weighted by Gasteiger charge is -2.22. The number of amides is 1. The van der Waals surface area contributed by atoms with E-state index in [0.717, 1.165) is 17.5 Å². The van der Waals surface area contributed by atoms with Crippen LogP contribution < -0.4 is 0 Å². The van der Waals surface area contributed by atoms with Gasteiger partial charge in [-0.3, -0.25) is 4.79 Å². The minimum Gasteiger partial charge on any atom is -0.339 e. The van der Waals surface area contributed by atoms with E-state index in [-0.39, 0.29) is 5.91 Å². The molecule has 1 amide bonds. The maximum atomic E-state index is 13.2. The second kappa shape index (κ2) is 10.1. The topological polar surface area (TPSA) is 59.2 Å². The molecule has 4 aromatic rings. The highest BCUT2D eigenvalue weighted by molar-refractivity contribution is 5.94. The number of carbonyl (C=O) groups excluding carboxylic acids is 1. The van der Waals surface area contributed by atoms with Crippen LogP contribution in [-0.4, -0.2) is 34.0 Å². The SMILES string of the molecule is Cc1ccc(C(=O)N(CCc2ccccc2)CCc2nc(-c3ccc(C)cc3)no2)cc1. The molecule has 0 atom stereocenters. The number of aromatic nitrogens is 2. The van der Waals surface area contributed by atoms with Crippen molar-refractivity contribution in [3.05, 3.63) is 107 Å². The average molecular weight is 426 g/mol. The maximum absolute atomic E-state index is 13.2. The first-order valence-electron chi connectivity index (χ1n) is 10.9. The van der Waals surface area contributed by atoms with Crippen molar-refractivity contribution in [1.29, 1.82) is 0 Å². The molecule has 4 rings (SSSR count). The number of aryl methyl sites for hydroxylation is 2. The van der Waals surface area contributed by atoms with Crippen LogP contribution in [0.4, 0.5) is 0 Å². The zero-order valence-electron chi connectivity index (χ0n) is 18.5. The van der Waals surface area contributed by atoms with Gasteiger partial charge in [-0.2, -0.15) is 4.98 Å². The van der Waals surface area contributed by atoms with Crippen molar-refractivity contribution in [2.24, 2.45) is 0 Å². The molecule has 5 heteroatoms. The summed E-state index contributed by atoms with van der Waals surface area (Å²) in [6.07, 6.45) is 1.29. The average Bonchev–Trinajstić information content (AvgIpc) is 3.29. The molecular formula is C27H27N3O2. The van der Waals surface area contributed by atoms with E-state index in [0.29, 0.717) is 36.8 Å². The normalized spacial score (nSPS) is 10.8. The Morgan fingerprint density at radius 2 is 1.44 bits per heavy atom. The Labute approximate surface area is 188 Å². The molecule has 3 aromatic carbocycles. The minimum absolute atomic E-state index is 0.0132. The second-order valence-electron chi connectivity index (χ2n) is 8.02. The molecule has 1 heterocycles. The van der Waals surface area contributed by atoms with Crippen LogP contribution in [0.15, 0.2) is 83.4 Å². The summed E-state index contributed by atoms with van der Waals surface area (Å²) in [5, 5.41) is 4.11. The molecular weight excluding hydrogens is 398 g/mol. The van der Waals surface area contributed by atoms with Gasteiger partial charge in [0, 0.05) is 30.6 Å². The van der Waals surface area contributed by atoms with Gasteiger partial charge in [0.1, 0.15) is 0 Å². The molecule has 0 saturated carbocycles. The van der Waals surface area contributed by atoms with Crippen LogP contribution >= 0.6 is 0 Å². The summed E-state index contributed by atoms with van der Waals surface area (Å²) < 4.78 is 5.46. The van der Waals surface area contributed by atoms with Crippen molar-refractivity contribution in [2.45, 2.75) is 26.7 Å². The van der Waals surface area contributed by atoms with Crippen molar-refractivity contribution < 1.29 is 9.32 Å². The van der Waals surface area contributed by atoms with Gasteiger partial charge in [0.2, 0.25) is 11.7 Å². The van der Waals surface area contributed by atoms with Gasteiger partial charge in [-0.15, -0.1) is 0 Å². The molecule has 0 aliphatic carbocycles. The molecule has 1 aromatic heterocycles. The number of benzene rings is 3. The van der Waals surface area contributed by atoms with E-state index in [4.69, 9.17) is 4.52 Å². The first-order chi connectivity index (χ1) is 15.6. The standard InChI is InChI=1S/C27H27N3O2/c1-20-8-12-23(13-9-20)26-28-25(32-29-26)17-19-30(18-16-22-6-4-3-5-7-22)27(31)24-14-10-21(2)11-15-24/h3-15H,16-19H2,1-2H3. The lowest BCUT2D eigenvalue weighted by molar-refractivity contribution is 0.0756. The smallest absolute Gasteiger partial charge is 0.253 e. The van der Waals surface area contributed by atoms with Crippen LogP contribution in [0.25, 0.3) is 11.4 Å². The summed E-state index contributed by atoms with van der Waals surface area (Å²) in [4.78, 5) is 19.6. The fourth-order valence-electron chi connectivity index (χ4n) is 3.51. The number of hydrogen-bond donors (Lipinski definition) is 0. The number of hydrogen-bond acceptors (Lipinski definition) is 4. The fourth-order valence-corrected chi connectivity index (χ4v) is 3.51. The molecule has 32 heavy (non-hydrogen) atoms. The molecule has 0 spiro atoms. The third-order valence-electron chi connectivity index (χ3n) is 5.47.